The minimum Gasteiger partial charge on any atom is -0.502 e. The third-order valence-corrected chi connectivity index (χ3v) is 4.49. The van der Waals surface area contributed by atoms with Gasteiger partial charge in [-0.05, 0) is 29.7 Å². The summed E-state index contributed by atoms with van der Waals surface area (Å²) in [5, 5.41) is 20.5. The maximum absolute atomic E-state index is 11.1. The molecule has 2 aromatic carbocycles. The lowest BCUT2D eigenvalue weighted by Gasteiger charge is -2.12. The van der Waals surface area contributed by atoms with Gasteiger partial charge < -0.3 is 28.5 Å². The molecule has 8 heteroatoms. The monoisotopic (exact) mass is 397 g/mol. The van der Waals surface area contributed by atoms with Gasteiger partial charge in [-0.15, -0.1) is 0 Å². The molecule has 2 heterocycles. The van der Waals surface area contributed by atoms with Crippen LogP contribution in [0.1, 0.15) is 5.76 Å². The highest BCUT2D eigenvalue weighted by Gasteiger charge is 2.18. The van der Waals surface area contributed by atoms with Crippen molar-refractivity contribution in [2.75, 3.05) is 14.2 Å². The number of hydrogen-bond acceptors (Lipinski definition) is 6. The zero-order chi connectivity index (χ0) is 20.7. The van der Waals surface area contributed by atoms with Gasteiger partial charge in [-0.25, -0.2) is 0 Å². The predicted octanol–water partition coefficient (Wildman–Crippen LogP) is 3.20. The van der Waals surface area contributed by atoms with Crippen LogP contribution >= 0.6 is 0 Å². The summed E-state index contributed by atoms with van der Waals surface area (Å²) in [6, 6.07) is 9.36. The van der Waals surface area contributed by atoms with Crippen LogP contribution < -0.4 is 14.9 Å². The van der Waals surface area contributed by atoms with E-state index in [0.717, 1.165) is 0 Å². The zero-order valence-electron chi connectivity index (χ0n) is 15.6. The lowest BCUT2D eigenvalue weighted by Crippen LogP contribution is -2.03. The van der Waals surface area contributed by atoms with E-state index in [2.05, 4.69) is 0 Å². The first kappa shape index (κ1) is 18.4. The Bertz CT molecular complexity index is 1290. The molecule has 2 aromatic heterocycles. The van der Waals surface area contributed by atoms with Gasteiger partial charge in [-0.2, -0.15) is 0 Å². The van der Waals surface area contributed by atoms with Crippen molar-refractivity contribution in [2.24, 2.45) is 0 Å². The fourth-order valence-electron chi connectivity index (χ4n) is 3.26. The van der Waals surface area contributed by atoms with Crippen LogP contribution in [0, 0.1) is 0 Å². The van der Waals surface area contributed by atoms with Crippen LogP contribution in [-0.4, -0.2) is 35.2 Å². The Hall–Kier alpha value is -3.94. The number of hydrogen-bond donors (Lipinski definition) is 2. The Labute approximate surface area is 163 Å². The van der Waals surface area contributed by atoms with Crippen molar-refractivity contribution >= 4 is 27.9 Å². The number of methoxy groups -OCH3 is 2. The smallest absolute Gasteiger partial charge is 0.347 e. The van der Waals surface area contributed by atoms with Crippen molar-refractivity contribution in [3.05, 3.63) is 47.6 Å². The van der Waals surface area contributed by atoms with Crippen LogP contribution in [0.2, 0.25) is 0 Å². The Kier molecular flexibility index (Phi) is 4.38. The molecule has 0 unspecified atom stereocenters. The Balaban J connectivity index is 2.02. The third kappa shape index (κ3) is 3.25. The molecule has 0 saturated heterocycles. The first-order chi connectivity index (χ1) is 13.9. The van der Waals surface area contributed by atoms with Crippen LogP contribution in [0.5, 0.6) is 17.2 Å². The number of carboxylic acid groups (broad SMARTS) is 1. The Morgan fingerprint density at radius 2 is 1.62 bits per heavy atom. The standard InChI is InChI=1S/C21H16O8/c1-26-17-4-10(5-18(27-2)21(17)25)14-6-11-3-13(9-19(23)24)28-15-7-12(22)8-16(29-14)20(11)15/h3-8,25H,9H2,1-2H3,(H,23,24)/p+1. The van der Waals surface area contributed by atoms with Crippen molar-refractivity contribution in [1.82, 2.24) is 0 Å². The number of benzene rings is 2. The summed E-state index contributed by atoms with van der Waals surface area (Å²) in [6.07, 6.45) is -0.307. The first-order valence-electron chi connectivity index (χ1n) is 8.59. The van der Waals surface area contributed by atoms with Crippen molar-refractivity contribution in [3.63, 3.8) is 0 Å². The molecule has 0 bridgehead atoms. The number of rotatable bonds is 5. The SMILES string of the molecule is COc1cc(-c2cc3cc(CC(=O)O)oc4cc(=[OH+])cc(o2)c34)cc(OC)c1O. The summed E-state index contributed by atoms with van der Waals surface area (Å²) in [7, 11) is 2.84. The molecule has 4 rings (SSSR count). The van der Waals surface area contributed by atoms with E-state index in [-0.39, 0.29) is 34.9 Å². The van der Waals surface area contributed by atoms with E-state index in [9.17, 15) is 14.7 Å². The van der Waals surface area contributed by atoms with Crippen molar-refractivity contribution < 1.29 is 38.1 Å². The van der Waals surface area contributed by atoms with Crippen LogP contribution in [0.15, 0.2) is 45.2 Å². The summed E-state index contributed by atoms with van der Waals surface area (Å²) >= 11 is 0. The molecule has 148 valence electrons. The Morgan fingerprint density at radius 1 is 1.00 bits per heavy atom. The Morgan fingerprint density at radius 3 is 2.21 bits per heavy atom. The lowest BCUT2D eigenvalue weighted by atomic mass is 10.1. The number of ether oxygens (including phenoxy) is 2. The number of carbonyl (C=O) groups is 1. The van der Waals surface area contributed by atoms with Gasteiger partial charge in [0.05, 0.1) is 31.7 Å². The normalized spacial score (nSPS) is 11.1. The fraction of sp³-hybridized carbons (Fsp3) is 0.143. The average Bonchev–Trinajstić information content (AvgIpc) is 2.66. The highest BCUT2D eigenvalue weighted by atomic mass is 16.5. The van der Waals surface area contributed by atoms with Crippen LogP contribution in [0.25, 0.3) is 33.3 Å². The second-order valence-corrected chi connectivity index (χ2v) is 6.40. The van der Waals surface area contributed by atoms with Crippen LogP contribution in [-0.2, 0) is 11.2 Å². The molecule has 0 aliphatic heterocycles. The predicted molar refractivity (Wildman–Crippen MR) is 103 cm³/mol. The highest BCUT2D eigenvalue weighted by molar-refractivity contribution is 6.06. The van der Waals surface area contributed by atoms with Crippen molar-refractivity contribution in [2.45, 2.75) is 6.42 Å². The minimum absolute atomic E-state index is 0.0863. The van der Waals surface area contributed by atoms with Gasteiger partial charge in [-0.3, -0.25) is 9.59 Å². The molecule has 0 aliphatic rings. The van der Waals surface area contributed by atoms with E-state index in [1.807, 2.05) is 0 Å². The topological polar surface area (TPSA) is 124 Å². The summed E-state index contributed by atoms with van der Waals surface area (Å²) in [6.45, 7) is 0. The maximum atomic E-state index is 11.1. The maximum Gasteiger partial charge on any atom is 0.347 e. The van der Waals surface area contributed by atoms with Gasteiger partial charge in [0.25, 0.3) is 0 Å². The minimum atomic E-state index is -1.04. The van der Waals surface area contributed by atoms with E-state index in [1.54, 1.807) is 24.3 Å². The molecule has 3 N–H and O–H groups in total. The van der Waals surface area contributed by atoms with Crippen LogP contribution in [0.3, 0.4) is 0 Å². The zero-order valence-corrected chi connectivity index (χ0v) is 15.6. The molecule has 0 amide bonds. The molecular weight excluding hydrogens is 380 g/mol. The van der Waals surface area contributed by atoms with E-state index in [0.29, 0.717) is 33.3 Å². The molecule has 0 saturated carbocycles. The quantitative estimate of drug-likeness (QED) is 0.496. The van der Waals surface area contributed by atoms with Crippen molar-refractivity contribution in [1.29, 1.82) is 0 Å². The molecule has 0 aliphatic carbocycles. The number of phenolic OH excluding ortho intramolecular Hbond substituents is 1. The summed E-state index contributed by atoms with van der Waals surface area (Å²) in [5.41, 5.74) is 1.13. The van der Waals surface area contributed by atoms with E-state index in [1.165, 1.54) is 26.4 Å². The fourth-order valence-corrected chi connectivity index (χ4v) is 3.26. The number of phenols is 1. The van der Waals surface area contributed by atoms with Crippen molar-refractivity contribution in [3.8, 4) is 28.6 Å². The summed E-state index contributed by atoms with van der Waals surface area (Å²) in [4.78, 5) is 21.1. The van der Waals surface area contributed by atoms with E-state index in [4.69, 9.17) is 23.4 Å². The molecule has 0 spiro atoms. The van der Waals surface area contributed by atoms with E-state index >= 15 is 0 Å². The number of aromatic hydroxyl groups is 1. The highest BCUT2D eigenvalue weighted by Crippen LogP contribution is 2.41. The van der Waals surface area contributed by atoms with Gasteiger partial charge in [0, 0.05) is 5.56 Å². The molecule has 29 heavy (non-hydrogen) atoms. The van der Waals surface area contributed by atoms with Gasteiger partial charge >= 0.3 is 11.4 Å². The second kappa shape index (κ2) is 6.90. The summed E-state index contributed by atoms with van der Waals surface area (Å²) < 4.78 is 22.0. The third-order valence-electron chi connectivity index (χ3n) is 4.49. The van der Waals surface area contributed by atoms with Gasteiger partial charge in [-0.1, -0.05) is 0 Å². The molecule has 0 radical (unpaired) electrons. The second-order valence-electron chi connectivity index (χ2n) is 6.40. The van der Waals surface area contributed by atoms with E-state index < -0.39 is 5.97 Å². The molecule has 0 atom stereocenters. The van der Waals surface area contributed by atoms with Gasteiger partial charge in [0.2, 0.25) is 5.75 Å². The first-order valence-corrected chi connectivity index (χ1v) is 8.59. The molecule has 4 aromatic rings. The molecule has 0 fully saturated rings. The molecule has 8 nitrogen and oxygen atoms in total. The summed E-state index contributed by atoms with van der Waals surface area (Å²) in [5.74, 6) is -0.151. The molecular formula is C21H17O8+. The van der Waals surface area contributed by atoms with Gasteiger partial charge in [0.1, 0.15) is 29.1 Å². The lowest BCUT2D eigenvalue weighted by molar-refractivity contribution is -0.136. The van der Waals surface area contributed by atoms with Gasteiger partial charge in [0.15, 0.2) is 11.5 Å². The van der Waals surface area contributed by atoms with Crippen LogP contribution in [0.4, 0.5) is 0 Å². The number of aliphatic carboxylic acids is 1. The average molecular weight is 397 g/mol. The number of carboxylic acids is 1. The largest absolute Gasteiger partial charge is 0.502 e.